The molecule has 0 aliphatic carbocycles. The number of aromatic nitrogens is 3. The Kier molecular flexibility index (Phi) is 6.53. The van der Waals surface area contributed by atoms with Gasteiger partial charge in [-0.2, -0.15) is 5.10 Å². The van der Waals surface area contributed by atoms with Crippen LogP contribution in [0.5, 0.6) is 0 Å². The molecule has 1 aliphatic rings. The maximum Gasteiger partial charge on any atom is 0.254 e. The normalized spacial score (nSPS) is 16.4. The smallest absolute Gasteiger partial charge is 0.254 e. The van der Waals surface area contributed by atoms with Crippen LogP contribution in [0.2, 0.25) is 0 Å². The molecule has 7 nitrogen and oxygen atoms in total. The Morgan fingerprint density at radius 2 is 2.12 bits per heavy atom. The third kappa shape index (κ3) is 4.94. The second-order valence-electron chi connectivity index (χ2n) is 8.84. The van der Waals surface area contributed by atoms with E-state index in [9.17, 15) is 4.79 Å². The summed E-state index contributed by atoms with van der Waals surface area (Å²) < 4.78 is 7.78. The van der Waals surface area contributed by atoms with Crippen LogP contribution >= 0.6 is 0 Å². The van der Waals surface area contributed by atoms with Gasteiger partial charge >= 0.3 is 0 Å². The predicted molar refractivity (Wildman–Crippen MR) is 132 cm³/mol. The minimum atomic E-state index is 0.0440. The van der Waals surface area contributed by atoms with Crippen molar-refractivity contribution in [3.63, 3.8) is 0 Å². The van der Waals surface area contributed by atoms with Crippen molar-refractivity contribution < 1.29 is 9.53 Å². The zero-order valence-electron chi connectivity index (χ0n) is 19.4. The number of pyridine rings is 2. The lowest BCUT2D eigenvalue weighted by Crippen LogP contribution is -2.36. The van der Waals surface area contributed by atoms with Gasteiger partial charge in [0.1, 0.15) is 0 Å². The number of nitrogens with zero attached hydrogens (tertiary/aromatic N) is 4. The number of amides is 1. The first kappa shape index (κ1) is 22.1. The van der Waals surface area contributed by atoms with Gasteiger partial charge in [-0.25, -0.2) is 4.52 Å². The summed E-state index contributed by atoms with van der Waals surface area (Å²) in [6, 6.07) is 16.0. The molecule has 1 aliphatic heterocycles. The quantitative estimate of drug-likeness (QED) is 0.476. The third-order valence-corrected chi connectivity index (χ3v) is 6.35. The summed E-state index contributed by atoms with van der Waals surface area (Å²) in [7, 11) is 0. The summed E-state index contributed by atoms with van der Waals surface area (Å²) in [4.78, 5) is 19.6. The number of carbonyl (C=O) groups excluding carboxylic acids is 1. The van der Waals surface area contributed by atoms with E-state index in [0.717, 1.165) is 28.8 Å². The zero-order chi connectivity index (χ0) is 23.3. The fraction of sp³-hybridized carbons (Fsp3) is 0.296. The van der Waals surface area contributed by atoms with E-state index in [1.165, 1.54) is 5.56 Å². The van der Waals surface area contributed by atoms with Crippen molar-refractivity contribution in [1.29, 1.82) is 0 Å². The van der Waals surface area contributed by atoms with E-state index in [0.29, 0.717) is 38.4 Å². The first-order valence-electron chi connectivity index (χ1n) is 11.7. The van der Waals surface area contributed by atoms with Gasteiger partial charge in [-0.05, 0) is 60.4 Å². The van der Waals surface area contributed by atoms with E-state index in [1.54, 1.807) is 6.20 Å². The first-order valence-corrected chi connectivity index (χ1v) is 11.7. The fourth-order valence-electron chi connectivity index (χ4n) is 4.51. The Labute approximate surface area is 199 Å². The monoisotopic (exact) mass is 455 g/mol. The van der Waals surface area contributed by atoms with Gasteiger partial charge in [0.2, 0.25) is 0 Å². The number of nitrogens with one attached hydrogen (secondary N) is 1. The molecule has 0 bridgehead atoms. The number of rotatable bonds is 6. The molecule has 1 amide bonds. The lowest BCUT2D eigenvalue weighted by atomic mass is 9.99. The molecule has 7 heteroatoms. The van der Waals surface area contributed by atoms with Crippen molar-refractivity contribution in [3.05, 3.63) is 95.6 Å². The van der Waals surface area contributed by atoms with Crippen LogP contribution in [0, 0.1) is 12.8 Å². The Hall–Kier alpha value is -3.71. The Morgan fingerprint density at radius 1 is 1.18 bits per heavy atom. The van der Waals surface area contributed by atoms with E-state index in [2.05, 4.69) is 21.5 Å². The summed E-state index contributed by atoms with van der Waals surface area (Å²) >= 11 is 0. The molecule has 0 spiro atoms. The summed E-state index contributed by atoms with van der Waals surface area (Å²) in [5.41, 5.74) is 6.18. The number of aryl methyl sites for hydroxylation is 1. The van der Waals surface area contributed by atoms with Crippen molar-refractivity contribution in [1.82, 2.24) is 19.5 Å². The van der Waals surface area contributed by atoms with E-state index >= 15 is 0 Å². The Morgan fingerprint density at radius 3 is 3.00 bits per heavy atom. The van der Waals surface area contributed by atoms with Gasteiger partial charge in [-0.15, -0.1) is 0 Å². The van der Waals surface area contributed by atoms with E-state index in [-0.39, 0.29) is 11.8 Å². The molecule has 34 heavy (non-hydrogen) atoms. The van der Waals surface area contributed by atoms with Crippen LogP contribution in [0.15, 0.2) is 73.3 Å². The molecule has 4 heterocycles. The molecule has 1 fully saturated rings. The number of hydrogen-bond acceptors (Lipinski definition) is 5. The Balaban J connectivity index is 1.29. The molecule has 1 saturated heterocycles. The van der Waals surface area contributed by atoms with Crippen LogP contribution in [0.25, 0.3) is 5.52 Å². The topological polar surface area (TPSA) is 71.8 Å². The van der Waals surface area contributed by atoms with E-state index in [1.807, 2.05) is 77.4 Å². The molecular formula is C27H29N5O2. The lowest BCUT2D eigenvalue weighted by Gasteiger charge is -2.24. The molecule has 0 unspecified atom stereocenters. The summed E-state index contributed by atoms with van der Waals surface area (Å²) in [6.07, 6.45) is 8.22. The molecule has 1 atom stereocenters. The van der Waals surface area contributed by atoms with Gasteiger partial charge in [0.15, 0.2) is 0 Å². The van der Waals surface area contributed by atoms with Crippen molar-refractivity contribution in [2.45, 2.75) is 19.9 Å². The molecule has 3 aromatic heterocycles. The summed E-state index contributed by atoms with van der Waals surface area (Å²) in [5.74, 6) is 0.267. The number of hydrogen-bond donors (Lipinski definition) is 1. The number of carbonyl (C=O) groups is 1. The molecule has 0 radical (unpaired) electrons. The molecule has 4 aromatic rings. The Bertz CT molecular complexity index is 1270. The molecule has 0 saturated carbocycles. The van der Waals surface area contributed by atoms with Gasteiger partial charge in [0, 0.05) is 61.6 Å². The van der Waals surface area contributed by atoms with Gasteiger partial charge in [-0.1, -0.05) is 18.2 Å². The van der Waals surface area contributed by atoms with Gasteiger partial charge < -0.3 is 15.0 Å². The standard InChI is InChI=1S/C27H29N5O2/c1-20-6-7-24(15-25(20)29-17-21-4-2-9-28-16-21)27(33)31-12-13-34-19-22(18-31)14-23-5-3-11-32-26(23)8-10-30-32/h2-11,15-16,22,29H,12-14,17-19H2,1H3/t22-/m0/s1. The van der Waals surface area contributed by atoms with Gasteiger partial charge in [0.25, 0.3) is 5.91 Å². The van der Waals surface area contributed by atoms with Crippen molar-refractivity contribution in [3.8, 4) is 0 Å². The largest absolute Gasteiger partial charge is 0.381 e. The lowest BCUT2D eigenvalue weighted by molar-refractivity contribution is 0.0737. The average molecular weight is 456 g/mol. The third-order valence-electron chi connectivity index (χ3n) is 6.35. The van der Waals surface area contributed by atoms with Crippen LogP contribution in [-0.2, 0) is 17.7 Å². The van der Waals surface area contributed by atoms with Crippen LogP contribution in [0.3, 0.4) is 0 Å². The van der Waals surface area contributed by atoms with E-state index < -0.39 is 0 Å². The zero-order valence-corrected chi connectivity index (χ0v) is 19.4. The van der Waals surface area contributed by atoms with Crippen molar-refractivity contribution in [2.75, 3.05) is 31.6 Å². The summed E-state index contributed by atoms with van der Waals surface area (Å²) in [6.45, 7) is 5.17. The molecular weight excluding hydrogens is 426 g/mol. The molecule has 174 valence electrons. The minimum Gasteiger partial charge on any atom is -0.381 e. The fourth-order valence-corrected chi connectivity index (χ4v) is 4.51. The van der Waals surface area contributed by atoms with Crippen LogP contribution < -0.4 is 5.32 Å². The highest BCUT2D eigenvalue weighted by Gasteiger charge is 2.24. The summed E-state index contributed by atoms with van der Waals surface area (Å²) in [5, 5.41) is 7.79. The number of anilines is 1. The van der Waals surface area contributed by atoms with Crippen LogP contribution in [-0.4, -0.2) is 51.7 Å². The number of benzene rings is 1. The van der Waals surface area contributed by atoms with Crippen molar-refractivity contribution in [2.24, 2.45) is 5.92 Å². The second-order valence-corrected chi connectivity index (χ2v) is 8.84. The van der Waals surface area contributed by atoms with E-state index in [4.69, 9.17) is 4.74 Å². The molecule has 1 N–H and O–H groups in total. The van der Waals surface area contributed by atoms with Gasteiger partial charge in [0.05, 0.1) is 18.7 Å². The van der Waals surface area contributed by atoms with Crippen molar-refractivity contribution >= 4 is 17.1 Å². The maximum atomic E-state index is 13.5. The molecule has 1 aromatic carbocycles. The minimum absolute atomic E-state index is 0.0440. The first-order chi connectivity index (χ1) is 16.7. The van der Waals surface area contributed by atoms with Crippen LogP contribution in [0.4, 0.5) is 5.69 Å². The predicted octanol–water partition coefficient (Wildman–Crippen LogP) is 3.98. The number of ether oxygens (including phenoxy) is 1. The average Bonchev–Trinajstić information content (AvgIpc) is 3.24. The van der Waals surface area contributed by atoms with Crippen LogP contribution in [0.1, 0.15) is 27.0 Å². The SMILES string of the molecule is Cc1ccc(C(=O)N2CCOC[C@@H](Cc3cccn4nccc34)C2)cc1NCc1cccnc1. The highest BCUT2D eigenvalue weighted by Crippen LogP contribution is 2.22. The van der Waals surface area contributed by atoms with Gasteiger partial charge in [-0.3, -0.25) is 9.78 Å². The maximum absolute atomic E-state index is 13.5. The second kappa shape index (κ2) is 10.1. The highest BCUT2D eigenvalue weighted by atomic mass is 16.5. The molecule has 5 rings (SSSR count). The highest BCUT2D eigenvalue weighted by molar-refractivity contribution is 5.95. The number of fused-ring (bicyclic) bond motifs is 1.